The third kappa shape index (κ3) is 1.69. The van der Waals surface area contributed by atoms with Crippen molar-refractivity contribution in [1.29, 1.82) is 0 Å². The van der Waals surface area contributed by atoms with Crippen LogP contribution >= 0.6 is 0 Å². The van der Waals surface area contributed by atoms with Gasteiger partial charge in [-0.1, -0.05) is 0 Å². The molecule has 0 heterocycles. The Bertz CT molecular complexity index is 235. The van der Waals surface area contributed by atoms with Crippen LogP contribution in [0, 0.1) is 6.92 Å². The van der Waals surface area contributed by atoms with E-state index in [9.17, 15) is 4.70 Å². The summed E-state index contributed by atoms with van der Waals surface area (Å²) in [5.74, 6) is 0.593. The first kappa shape index (κ1) is 7.00. The Morgan fingerprint density at radius 3 is 2.90 bits per heavy atom. The van der Waals surface area contributed by atoms with Crippen LogP contribution < -0.4 is 4.65 Å². The molecule has 50 valence electrons. The van der Waals surface area contributed by atoms with E-state index in [0.717, 1.165) is 5.56 Å². The topological polar surface area (TPSA) is 26.3 Å². The fourth-order valence-electron chi connectivity index (χ4n) is 0.744. The van der Waals surface area contributed by atoms with Crippen molar-refractivity contribution in [3.8, 4) is 5.75 Å². The average molecular weight is 134 g/mol. The van der Waals surface area contributed by atoms with Gasteiger partial charge in [-0.05, 0) is 0 Å². The number of benzene rings is 1. The van der Waals surface area contributed by atoms with Gasteiger partial charge in [-0.2, -0.15) is 0 Å². The van der Waals surface area contributed by atoms with Crippen LogP contribution in [-0.4, -0.2) is 7.35 Å². The van der Waals surface area contributed by atoms with E-state index in [-0.39, 0.29) is 0 Å². The molecule has 3 heteroatoms. The summed E-state index contributed by atoms with van der Waals surface area (Å²) < 4.78 is 14.5. The van der Waals surface area contributed by atoms with Gasteiger partial charge in [-0.25, -0.2) is 0 Å². The van der Waals surface area contributed by atoms with Crippen LogP contribution in [0.25, 0.3) is 0 Å². The number of hydrogen-bond acceptors (Lipinski definition) is 2. The summed E-state index contributed by atoms with van der Waals surface area (Å²) in [6.07, 6.45) is 0. The van der Waals surface area contributed by atoms with Crippen LogP contribution in [-0.2, 0) is 4.70 Å². The van der Waals surface area contributed by atoms with Gasteiger partial charge in [0.2, 0.25) is 0 Å². The molecule has 0 aliphatic heterocycles. The minimum atomic E-state index is 0.425. The summed E-state index contributed by atoms with van der Waals surface area (Å²) in [5, 5.41) is 0. The molecular weight excluding hydrogens is 127 g/mol. The van der Waals surface area contributed by atoms with E-state index in [0.29, 0.717) is 13.1 Å². The first-order valence-electron chi connectivity index (χ1n) is 3.00. The van der Waals surface area contributed by atoms with Crippen LogP contribution in [0.2, 0.25) is 0 Å². The maximum absolute atomic E-state index is 9.86. The number of rotatable bonds is 2. The molecule has 10 heavy (non-hydrogen) atoms. The van der Waals surface area contributed by atoms with Crippen molar-refractivity contribution in [2.24, 2.45) is 0 Å². The molecule has 2 nitrogen and oxygen atoms in total. The van der Waals surface area contributed by atoms with Crippen molar-refractivity contribution in [3.05, 3.63) is 29.8 Å². The molecular formula is C7H7BO2. The molecule has 0 saturated carbocycles. The predicted octanol–water partition coefficient (Wildman–Crippen LogP) is 1.34. The van der Waals surface area contributed by atoms with Crippen LogP contribution in [0.5, 0.6) is 5.75 Å². The monoisotopic (exact) mass is 134 g/mol. The summed E-state index contributed by atoms with van der Waals surface area (Å²) in [7, 11) is 0.425. The van der Waals surface area contributed by atoms with Gasteiger partial charge in [-0.15, -0.1) is 0 Å². The molecule has 0 aliphatic carbocycles. The van der Waals surface area contributed by atoms with Crippen molar-refractivity contribution in [2.75, 3.05) is 0 Å². The summed E-state index contributed by atoms with van der Waals surface area (Å²) in [4.78, 5) is 0. The van der Waals surface area contributed by atoms with Gasteiger partial charge in [-0.3, -0.25) is 0 Å². The normalized spacial score (nSPS) is 8.50. The van der Waals surface area contributed by atoms with Gasteiger partial charge in [0.25, 0.3) is 0 Å². The Hall–Kier alpha value is -1.12. The van der Waals surface area contributed by atoms with Crippen molar-refractivity contribution in [1.82, 2.24) is 0 Å². The Morgan fingerprint density at radius 2 is 2.30 bits per heavy atom. The van der Waals surface area contributed by atoms with Gasteiger partial charge in [0.1, 0.15) is 0 Å². The molecule has 0 fully saturated rings. The molecule has 0 N–H and O–H groups in total. The quantitative estimate of drug-likeness (QED) is 0.570. The molecule has 1 aromatic carbocycles. The molecule has 1 aromatic rings. The first-order chi connectivity index (χ1) is 4.83. The van der Waals surface area contributed by atoms with Crippen molar-refractivity contribution >= 4 is 7.35 Å². The summed E-state index contributed by atoms with van der Waals surface area (Å²) >= 11 is 0. The van der Waals surface area contributed by atoms with Gasteiger partial charge < -0.3 is 0 Å². The molecule has 0 atom stereocenters. The van der Waals surface area contributed by atoms with E-state index in [1.54, 1.807) is 12.1 Å². The van der Waals surface area contributed by atoms with Crippen molar-refractivity contribution in [2.45, 2.75) is 6.92 Å². The van der Waals surface area contributed by atoms with Crippen molar-refractivity contribution in [3.63, 3.8) is 0 Å². The van der Waals surface area contributed by atoms with Crippen LogP contribution in [0.3, 0.4) is 0 Å². The summed E-state index contributed by atoms with van der Waals surface area (Å²) in [6.45, 7) is 1.94. The Labute approximate surface area is 60.1 Å². The number of hydrogen-bond donors (Lipinski definition) is 0. The molecule has 0 bridgehead atoms. The van der Waals surface area contributed by atoms with E-state index in [4.69, 9.17) is 0 Å². The van der Waals surface area contributed by atoms with E-state index in [1.807, 2.05) is 19.1 Å². The molecule has 0 amide bonds. The maximum atomic E-state index is 9.86. The Morgan fingerprint density at radius 1 is 1.50 bits per heavy atom. The van der Waals surface area contributed by atoms with Crippen LogP contribution in [0.1, 0.15) is 5.56 Å². The molecule has 0 aromatic heterocycles. The first-order valence-corrected chi connectivity index (χ1v) is 3.00. The van der Waals surface area contributed by atoms with Gasteiger partial charge >= 0.3 is 59.2 Å². The standard InChI is InChI=1S/C7H7BO2/c1-6-3-2-4-7(5-6)10-8-9/h2-5H,1H3. The van der Waals surface area contributed by atoms with E-state index >= 15 is 0 Å². The average Bonchev–Trinajstić information content (AvgIpc) is 1.88. The second kappa shape index (κ2) is 3.15. The summed E-state index contributed by atoms with van der Waals surface area (Å²) in [5.41, 5.74) is 1.08. The Balaban J connectivity index is 2.84. The van der Waals surface area contributed by atoms with E-state index in [1.165, 1.54) is 0 Å². The molecule has 0 unspecified atom stereocenters. The zero-order chi connectivity index (χ0) is 7.40. The number of aryl methyl sites for hydroxylation is 1. The van der Waals surface area contributed by atoms with E-state index < -0.39 is 0 Å². The SMILES string of the molecule is Cc1cccc(OB=O)c1. The van der Waals surface area contributed by atoms with Gasteiger partial charge in [0.05, 0.1) is 0 Å². The molecule has 0 aliphatic rings. The molecule has 1 rings (SSSR count). The fraction of sp³-hybridized carbons (Fsp3) is 0.143. The minimum absolute atomic E-state index is 0.425. The molecule has 0 saturated heterocycles. The third-order valence-electron chi connectivity index (χ3n) is 1.17. The van der Waals surface area contributed by atoms with Crippen molar-refractivity contribution < 1.29 is 9.36 Å². The fourth-order valence-corrected chi connectivity index (χ4v) is 0.744. The van der Waals surface area contributed by atoms with Gasteiger partial charge in [0, 0.05) is 0 Å². The van der Waals surface area contributed by atoms with E-state index in [2.05, 4.69) is 4.65 Å². The molecule has 0 radical (unpaired) electrons. The predicted molar refractivity (Wildman–Crippen MR) is 38.2 cm³/mol. The zero-order valence-electron chi connectivity index (χ0n) is 5.70. The third-order valence-corrected chi connectivity index (χ3v) is 1.17. The second-order valence-electron chi connectivity index (χ2n) is 2.03. The second-order valence-corrected chi connectivity index (χ2v) is 2.03. The Kier molecular flexibility index (Phi) is 2.21. The zero-order valence-corrected chi connectivity index (χ0v) is 5.70. The van der Waals surface area contributed by atoms with Gasteiger partial charge in [0.15, 0.2) is 0 Å². The van der Waals surface area contributed by atoms with Crippen LogP contribution in [0.15, 0.2) is 24.3 Å². The molecule has 0 spiro atoms. The summed E-state index contributed by atoms with van der Waals surface area (Å²) in [6, 6.07) is 7.32. The van der Waals surface area contributed by atoms with Crippen LogP contribution in [0.4, 0.5) is 0 Å².